The quantitative estimate of drug-likeness (QED) is 0.350. The third kappa shape index (κ3) is 3.15. The molecule has 0 heterocycles. The van der Waals surface area contributed by atoms with Crippen LogP contribution in [0.15, 0.2) is 54.6 Å². The van der Waals surface area contributed by atoms with E-state index in [2.05, 4.69) is 96.1 Å². The Bertz CT molecular complexity index is 900. The van der Waals surface area contributed by atoms with E-state index in [1.165, 1.54) is 48.9 Å². The molecule has 0 aromatic heterocycles. The van der Waals surface area contributed by atoms with Crippen LogP contribution in [0.4, 0.5) is 0 Å². The molecule has 0 amide bonds. The van der Waals surface area contributed by atoms with Crippen LogP contribution in [0.2, 0.25) is 0 Å². The number of halogens is 1. The van der Waals surface area contributed by atoms with E-state index in [-0.39, 0.29) is 0 Å². The highest BCUT2D eigenvalue weighted by atomic mass is 35.6. The van der Waals surface area contributed by atoms with Crippen LogP contribution < -0.4 is 15.6 Å². The van der Waals surface area contributed by atoms with Crippen molar-refractivity contribution in [2.45, 2.75) is 41.5 Å². The molecular weight excluding hydrogens is 352 g/mol. The Morgan fingerprint density at radius 2 is 1.04 bits per heavy atom. The van der Waals surface area contributed by atoms with Gasteiger partial charge < -0.3 is 0 Å². The zero-order valence-corrected chi connectivity index (χ0v) is 18.3. The summed E-state index contributed by atoms with van der Waals surface area (Å²) in [6, 6.07) is 19.9. The molecule has 0 aliphatic rings. The van der Waals surface area contributed by atoms with E-state index < -0.39 is 7.38 Å². The zero-order valence-electron chi connectivity index (χ0n) is 16.6. The van der Waals surface area contributed by atoms with E-state index in [1.807, 2.05) is 0 Å². The number of rotatable bonds is 3. The van der Waals surface area contributed by atoms with Gasteiger partial charge in [0.05, 0.1) is 0 Å². The van der Waals surface area contributed by atoms with Gasteiger partial charge in [0, 0.05) is 0 Å². The van der Waals surface area contributed by atoms with Crippen molar-refractivity contribution in [1.82, 2.24) is 0 Å². The summed E-state index contributed by atoms with van der Waals surface area (Å²) < 4.78 is 0. The summed E-state index contributed by atoms with van der Waals surface area (Å²) in [5.41, 5.74) is 7.77. The monoisotopic (exact) mass is 378 g/mol. The van der Waals surface area contributed by atoms with Gasteiger partial charge in [-0.25, -0.2) is 0 Å². The highest BCUT2D eigenvalue weighted by Gasteiger charge is 2.40. The number of aryl methyl sites for hydroxylation is 4. The maximum Gasteiger partial charge on any atom is 0.248 e. The molecule has 3 aromatic carbocycles. The second-order valence-corrected chi connectivity index (χ2v) is 12.2. The van der Waals surface area contributed by atoms with E-state index in [4.69, 9.17) is 11.1 Å². The summed E-state index contributed by atoms with van der Waals surface area (Å²) >= 11 is 7.75. The van der Waals surface area contributed by atoms with Crippen LogP contribution >= 0.6 is 11.1 Å². The van der Waals surface area contributed by atoms with Crippen molar-refractivity contribution < 1.29 is 0 Å². The average molecular weight is 379 g/mol. The first-order valence-corrected chi connectivity index (χ1v) is 12.2. The van der Waals surface area contributed by atoms with Crippen LogP contribution in [0.3, 0.4) is 0 Å². The smallest absolute Gasteiger partial charge is 0.149 e. The first kappa shape index (κ1) is 18.9. The minimum atomic E-state index is -2.62. The zero-order chi connectivity index (χ0) is 19.1. The van der Waals surface area contributed by atoms with Crippen LogP contribution in [-0.4, -0.2) is 7.38 Å². The Morgan fingerprint density at radius 3 is 1.46 bits per heavy atom. The Balaban J connectivity index is 2.43. The Hall–Kier alpha value is -1.83. The van der Waals surface area contributed by atoms with Gasteiger partial charge in [0.25, 0.3) is 0 Å². The molecule has 0 saturated carbocycles. The van der Waals surface area contributed by atoms with Crippen LogP contribution in [0.1, 0.15) is 33.4 Å². The molecule has 0 fully saturated rings. The number of hydrogen-bond acceptors (Lipinski definition) is 0. The molecule has 0 bridgehead atoms. The molecule has 0 N–H and O–H groups in total. The maximum atomic E-state index is 7.75. The van der Waals surface area contributed by atoms with Gasteiger partial charge in [0.1, 0.15) is 0 Å². The fourth-order valence-corrected chi connectivity index (χ4v) is 9.28. The molecule has 2 heteroatoms. The molecule has 0 unspecified atom stereocenters. The number of benzene rings is 3. The fraction of sp³-hybridized carbons (Fsp3) is 0.250. The predicted octanol–water partition coefficient (Wildman–Crippen LogP) is 4.74. The van der Waals surface area contributed by atoms with Crippen LogP contribution in [-0.2, 0) is 0 Å². The molecule has 0 radical (unpaired) electrons. The summed E-state index contributed by atoms with van der Waals surface area (Å²) in [6.07, 6.45) is 0. The van der Waals surface area contributed by atoms with E-state index in [0.29, 0.717) is 0 Å². The first-order chi connectivity index (χ1) is 12.2. The molecule has 0 atom stereocenters. The van der Waals surface area contributed by atoms with Crippen molar-refractivity contribution in [3.05, 3.63) is 88.0 Å². The summed E-state index contributed by atoms with van der Waals surface area (Å²) in [4.78, 5) is 0. The number of hydrogen-bond donors (Lipinski definition) is 0. The van der Waals surface area contributed by atoms with Crippen molar-refractivity contribution >= 4 is 34.0 Å². The van der Waals surface area contributed by atoms with Crippen LogP contribution in [0.25, 0.3) is 0 Å². The van der Waals surface area contributed by atoms with Gasteiger partial charge in [0.2, 0.25) is 7.38 Å². The molecule has 26 heavy (non-hydrogen) atoms. The van der Waals surface area contributed by atoms with Crippen molar-refractivity contribution in [3.63, 3.8) is 0 Å². The van der Waals surface area contributed by atoms with Gasteiger partial charge in [0.15, 0.2) is 0 Å². The maximum absolute atomic E-state index is 7.75. The van der Waals surface area contributed by atoms with Gasteiger partial charge in [-0.05, 0) is 79.4 Å². The van der Waals surface area contributed by atoms with E-state index >= 15 is 0 Å². The molecule has 134 valence electrons. The lowest BCUT2D eigenvalue weighted by atomic mass is 10.1. The Labute approximate surface area is 163 Å². The summed E-state index contributed by atoms with van der Waals surface area (Å²) in [5, 5.41) is 3.88. The lowest BCUT2D eigenvalue weighted by molar-refractivity contribution is 1.35. The third-order valence-electron chi connectivity index (χ3n) is 5.57. The van der Waals surface area contributed by atoms with Gasteiger partial charge >= 0.3 is 0 Å². The van der Waals surface area contributed by atoms with Crippen molar-refractivity contribution in [3.8, 4) is 0 Å². The molecule has 0 saturated heterocycles. The van der Waals surface area contributed by atoms with Gasteiger partial charge in [-0.1, -0.05) is 65.7 Å². The highest BCUT2D eigenvalue weighted by molar-refractivity contribution is 7.40. The minimum absolute atomic E-state index is 1.27. The van der Waals surface area contributed by atoms with E-state index in [0.717, 1.165) is 0 Å². The molecule has 0 aliphatic carbocycles. The Morgan fingerprint density at radius 1 is 0.615 bits per heavy atom. The first-order valence-electron chi connectivity index (χ1n) is 9.16. The van der Waals surface area contributed by atoms with Crippen molar-refractivity contribution in [2.75, 3.05) is 0 Å². The summed E-state index contributed by atoms with van der Waals surface area (Å²) in [7, 11) is -2.62. The molecular formula is C24H27ClSi. The molecule has 3 rings (SSSR count). The minimum Gasteiger partial charge on any atom is -0.149 e. The highest BCUT2D eigenvalue weighted by Crippen LogP contribution is 2.20. The fourth-order valence-electron chi connectivity index (χ4n) is 3.88. The third-order valence-corrected chi connectivity index (χ3v) is 11.1. The second-order valence-electron chi connectivity index (χ2n) is 7.53. The van der Waals surface area contributed by atoms with Gasteiger partial charge in [-0.3, -0.25) is 0 Å². The molecule has 0 aliphatic heterocycles. The SMILES string of the molecule is Cc1cc(C)cc([Si](Cl)(c2cccc(C)c2C)c2cccc(C)c2C)c1. The van der Waals surface area contributed by atoms with Crippen molar-refractivity contribution in [1.29, 1.82) is 0 Å². The van der Waals surface area contributed by atoms with Crippen LogP contribution in [0, 0.1) is 41.5 Å². The standard InChI is InChI=1S/C24H27ClSi/c1-16-13-17(2)15-22(14-16)26(25,23-11-7-9-18(3)20(23)5)24-12-8-10-19(4)21(24)6/h7-15H,1-6H3. The normalized spacial score (nSPS) is 11.7. The van der Waals surface area contributed by atoms with E-state index in [9.17, 15) is 0 Å². The largest absolute Gasteiger partial charge is 0.248 e. The topological polar surface area (TPSA) is 0 Å². The van der Waals surface area contributed by atoms with Crippen molar-refractivity contribution in [2.24, 2.45) is 0 Å². The van der Waals surface area contributed by atoms with E-state index in [1.54, 1.807) is 0 Å². The van der Waals surface area contributed by atoms with Gasteiger partial charge in [-0.15, -0.1) is 11.1 Å². The predicted molar refractivity (Wildman–Crippen MR) is 118 cm³/mol. The second kappa shape index (κ2) is 7.06. The average Bonchev–Trinajstić information content (AvgIpc) is 2.58. The lowest BCUT2D eigenvalue weighted by Crippen LogP contribution is -2.64. The lowest BCUT2D eigenvalue weighted by Gasteiger charge is -2.31. The molecule has 3 aromatic rings. The summed E-state index contributed by atoms with van der Waals surface area (Å²) in [6.45, 7) is 13.1. The molecule has 0 spiro atoms. The Kier molecular flexibility index (Phi) is 5.14. The van der Waals surface area contributed by atoms with Crippen LogP contribution in [0.5, 0.6) is 0 Å². The van der Waals surface area contributed by atoms with Gasteiger partial charge in [-0.2, -0.15) is 0 Å². The molecule has 0 nitrogen and oxygen atoms in total. The summed E-state index contributed by atoms with van der Waals surface area (Å²) in [5.74, 6) is 0.